The number of ether oxygens (including phenoxy) is 1. The van der Waals surface area contributed by atoms with Gasteiger partial charge in [0.2, 0.25) is 11.8 Å². The number of benzene rings is 3. The minimum Gasteiger partial charge on any atom is -0.480 e. The van der Waals surface area contributed by atoms with Crippen molar-refractivity contribution in [2.45, 2.75) is 32.2 Å². The highest BCUT2D eigenvalue weighted by Crippen LogP contribution is 2.26. The number of hydrogen-bond acceptors (Lipinski definition) is 5. The molecule has 43 heavy (non-hydrogen) atoms. The largest absolute Gasteiger partial charge is 0.480 e. The van der Waals surface area contributed by atoms with Crippen molar-refractivity contribution < 1.29 is 29.0 Å². The molecule has 0 fully saturated rings. The third-order valence-corrected chi connectivity index (χ3v) is 7.17. The number of hydrogen-bond donors (Lipinski definition) is 3. The highest BCUT2D eigenvalue weighted by atomic mass is 16.5. The SMILES string of the molecule is COC(=O)c1ccc(NC(=O)CCC(C)CNC(=O)CC(C(=O)O)n2ccc(-c3ccc(-c4ccccc4)cc3)c2)cc1. The van der Waals surface area contributed by atoms with E-state index < -0.39 is 18.0 Å². The number of esters is 1. The lowest BCUT2D eigenvalue weighted by Gasteiger charge is -2.16. The van der Waals surface area contributed by atoms with Crippen LogP contribution >= 0.6 is 0 Å². The molecule has 0 spiro atoms. The summed E-state index contributed by atoms with van der Waals surface area (Å²) >= 11 is 0. The van der Waals surface area contributed by atoms with E-state index in [1.165, 1.54) is 7.11 Å². The van der Waals surface area contributed by atoms with E-state index in [2.05, 4.69) is 15.4 Å². The summed E-state index contributed by atoms with van der Waals surface area (Å²) in [6.07, 6.45) is 3.97. The van der Waals surface area contributed by atoms with Gasteiger partial charge >= 0.3 is 11.9 Å². The maximum Gasteiger partial charge on any atom is 0.337 e. The molecule has 2 atom stereocenters. The standard InChI is InChI=1S/C34H35N3O6/c1-23(8-17-31(38)36-29-15-13-27(14-16-29)34(42)43-2)21-35-32(39)20-30(33(40)41)37-19-18-28(22-37)26-11-9-25(10-12-26)24-6-4-3-5-7-24/h3-7,9-16,18-19,22-23,30H,8,17,20-21H2,1-2H3,(H,35,39)(H,36,38)(H,40,41). The number of carbonyl (C=O) groups is 4. The molecule has 9 nitrogen and oxygen atoms in total. The quantitative estimate of drug-likeness (QED) is 0.171. The monoisotopic (exact) mass is 581 g/mol. The zero-order valence-corrected chi connectivity index (χ0v) is 24.2. The Morgan fingerprint density at radius 2 is 1.44 bits per heavy atom. The number of anilines is 1. The lowest BCUT2D eigenvalue weighted by Crippen LogP contribution is -2.32. The van der Waals surface area contributed by atoms with Crippen LogP contribution in [0, 0.1) is 5.92 Å². The van der Waals surface area contributed by atoms with Crippen LogP contribution in [0.2, 0.25) is 0 Å². The second kappa shape index (κ2) is 14.6. The van der Waals surface area contributed by atoms with E-state index in [1.54, 1.807) is 41.2 Å². The van der Waals surface area contributed by atoms with Crippen LogP contribution in [0.3, 0.4) is 0 Å². The Labute approximate surface area is 250 Å². The molecule has 2 unspecified atom stereocenters. The maximum absolute atomic E-state index is 12.7. The van der Waals surface area contributed by atoms with E-state index in [0.29, 0.717) is 24.2 Å². The molecule has 9 heteroatoms. The minimum atomic E-state index is -1.10. The second-order valence-corrected chi connectivity index (χ2v) is 10.4. The maximum atomic E-state index is 12.7. The Bertz CT molecular complexity index is 1550. The van der Waals surface area contributed by atoms with Crippen LogP contribution in [0.5, 0.6) is 0 Å². The zero-order chi connectivity index (χ0) is 30.8. The first-order valence-corrected chi connectivity index (χ1v) is 14.0. The lowest BCUT2D eigenvalue weighted by molar-refractivity contribution is -0.143. The summed E-state index contributed by atoms with van der Waals surface area (Å²) < 4.78 is 6.21. The predicted octanol–water partition coefficient (Wildman–Crippen LogP) is 5.80. The van der Waals surface area contributed by atoms with Gasteiger partial charge in [-0.2, -0.15) is 0 Å². The number of amides is 2. The number of nitrogens with zero attached hydrogens (tertiary/aromatic N) is 1. The van der Waals surface area contributed by atoms with Crippen molar-refractivity contribution >= 4 is 29.4 Å². The Morgan fingerprint density at radius 1 is 0.814 bits per heavy atom. The average molecular weight is 582 g/mol. The number of aliphatic carboxylic acids is 1. The highest BCUT2D eigenvalue weighted by Gasteiger charge is 2.23. The van der Waals surface area contributed by atoms with Crippen molar-refractivity contribution in [3.8, 4) is 22.3 Å². The van der Waals surface area contributed by atoms with Crippen LogP contribution < -0.4 is 10.6 Å². The molecular formula is C34H35N3O6. The van der Waals surface area contributed by atoms with E-state index in [9.17, 15) is 24.3 Å². The number of carbonyl (C=O) groups excluding carboxylic acids is 3. The van der Waals surface area contributed by atoms with Crippen LogP contribution in [0.1, 0.15) is 42.6 Å². The van der Waals surface area contributed by atoms with Crippen LogP contribution in [0.4, 0.5) is 5.69 Å². The zero-order valence-electron chi connectivity index (χ0n) is 24.2. The van der Waals surface area contributed by atoms with E-state index in [-0.39, 0.29) is 30.6 Å². The Kier molecular flexibility index (Phi) is 10.5. The molecule has 4 aromatic rings. The molecular weight excluding hydrogens is 546 g/mol. The lowest BCUT2D eigenvalue weighted by atomic mass is 10.0. The molecule has 1 heterocycles. The summed E-state index contributed by atoms with van der Waals surface area (Å²) in [6, 6.07) is 25.3. The summed E-state index contributed by atoms with van der Waals surface area (Å²) in [7, 11) is 1.30. The molecule has 0 saturated heterocycles. The summed E-state index contributed by atoms with van der Waals surface area (Å²) in [6.45, 7) is 2.23. The van der Waals surface area contributed by atoms with Gasteiger partial charge in [-0.15, -0.1) is 0 Å². The molecule has 0 bridgehead atoms. The Hall–Kier alpha value is -5.18. The predicted molar refractivity (Wildman–Crippen MR) is 164 cm³/mol. The molecule has 3 N–H and O–H groups in total. The van der Waals surface area contributed by atoms with E-state index in [1.807, 2.05) is 67.6 Å². The van der Waals surface area contributed by atoms with Crippen LogP contribution in [0.15, 0.2) is 97.3 Å². The first-order chi connectivity index (χ1) is 20.7. The van der Waals surface area contributed by atoms with Crippen molar-refractivity contribution in [3.63, 3.8) is 0 Å². The van der Waals surface area contributed by atoms with Gasteiger partial charge in [0.15, 0.2) is 0 Å². The van der Waals surface area contributed by atoms with Crippen LogP contribution in [0.25, 0.3) is 22.3 Å². The summed E-state index contributed by atoms with van der Waals surface area (Å²) in [5, 5.41) is 15.4. The summed E-state index contributed by atoms with van der Waals surface area (Å²) in [5.74, 6) is -2.12. The molecule has 0 aliphatic carbocycles. The van der Waals surface area contributed by atoms with Gasteiger partial charge in [0, 0.05) is 31.0 Å². The third kappa shape index (κ3) is 8.65. The van der Waals surface area contributed by atoms with Crippen molar-refractivity contribution in [2.24, 2.45) is 5.92 Å². The number of aromatic nitrogens is 1. The van der Waals surface area contributed by atoms with Crippen molar-refractivity contribution in [2.75, 3.05) is 19.0 Å². The van der Waals surface area contributed by atoms with Gasteiger partial charge in [-0.1, -0.05) is 61.5 Å². The highest BCUT2D eigenvalue weighted by molar-refractivity contribution is 5.93. The van der Waals surface area contributed by atoms with Gasteiger partial charge in [-0.25, -0.2) is 9.59 Å². The van der Waals surface area contributed by atoms with Crippen LogP contribution in [-0.2, 0) is 19.1 Å². The van der Waals surface area contributed by atoms with E-state index >= 15 is 0 Å². The first-order valence-electron chi connectivity index (χ1n) is 14.0. The molecule has 0 radical (unpaired) electrons. The van der Waals surface area contributed by atoms with Gasteiger partial charge in [-0.3, -0.25) is 9.59 Å². The van der Waals surface area contributed by atoms with E-state index in [4.69, 9.17) is 0 Å². The topological polar surface area (TPSA) is 127 Å². The first kappa shape index (κ1) is 30.8. The summed E-state index contributed by atoms with van der Waals surface area (Å²) in [5.41, 5.74) is 4.97. The number of carboxylic acid groups (broad SMARTS) is 1. The van der Waals surface area contributed by atoms with Crippen molar-refractivity contribution in [1.82, 2.24) is 9.88 Å². The van der Waals surface area contributed by atoms with Gasteiger partial charge < -0.3 is 25.0 Å². The van der Waals surface area contributed by atoms with Gasteiger partial charge in [0.25, 0.3) is 0 Å². The number of rotatable bonds is 13. The molecule has 2 amide bonds. The molecule has 4 rings (SSSR count). The second-order valence-electron chi connectivity index (χ2n) is 10.4. The van der Waals surface area contributed by atoms with Crippen molar-refractivity contribution in [1.29, 1.82) is 0 Å². The van der Waals surface area contributed by atoms with E-state index in [0.717, 1.165) is 22.3 Å². The molecule has 0 aliphatic heterocycles. The fraction of sp³-hybridized carbons (Fsp3) is 0.235. The minimum absolute atomic E-state index is 0.00304. The fourth-order valence-corrected chi connectivity index (χ4v) is 4.63. The Balaban J connectivity index is 1.24. The average Bonchev–Trinajstić information content (AvgIpc) is 3.52. The molecule has 0 saturated carbocycles. The number of carboxylic acids is 1. The number of nitrogens with one attached hydrogen (secondary N) is 2. The molecule has 0 aliphatic rings. The summed E-state index contributed by atoms with van der Waals surface area (Å²) in [4.78, 5) is 48.6. The molecule has 3 aromatic carbocycles. The fourth-order valence-electron chi connectivity index (χ4n) is 4.63. The normalized spacial score (nSPS) is 12.1. The smallest absolute Gasteiger partial charge is 0.337 e. The number of methoxy groups -OCH3 is 1. The Morgan fingerprint density at radius 3 is 2.07 bits per heavy atom. The van der Waals surface area contributed by atoms with Crippen LogP contribution in [-0.4, -0.2) is 47.1 Å². The van der Waals surface area contributed by atoms with Gasteiger partial charge in [-0.05, 0) is 64.9 Å². The van der Waals surface area contributed by atoms with Gasteiger partial charge in [0.1, 0.15) is 6.04 Å². The molecule has 1 aromatic heterocycles. The van der Waals surface area contributed by atoms with Gasteiger partial charge in [0.05, 0.1) is 19.1 Å². The molecule has 222 valence electrons. The third-order valence-electron chi connectivity index (χ3n) is 7.17. The van der Waals surface area contributed by atoms with Crippen molar-refractivity contribution in [3.05, 3.63) is 103 Å².